The zero-order valence-electron chi connectivity index (χ0n) is 16.2. The van der Waals surface area contributed by atoms with E-state index in [2.05, 4.69) is 5.32 Å². The fraction of sp³-hybridized carbons (Fsp3) is 0.333. The summed E-state index contributed by atoms with van der Waals surface area (Å²) in [6, 6.07) is 12.6. The van der Waals surface area contributed by atoms with Gasteiger partial charge in [-0.25, -0.2) is 8.42 Å². The zero-order valence-corrected chi connectivity index (χ0v) is 17.8. The predicted octanol–water partition coefficient (Wildman–Crippen LogP) is 4.13. The number of halogens is 1. The summed E-state index contributed by atoms with van der Waals surface area (Å²) >= 11 is 6.18. The Kier molecular flexibility index (Phi) is 6.27. The smallest absolute Gasteiger partial charge is 0.257 e. The Morgan fingerprint density at radius 3 is 2.52 bits per heavy atom. The highest BCUT2D eigenvalue weighted by Crippen LogP contribution is 2.29. The van der Waals surface area contributed by atoms with E-state index in [4.69, 9.17) is 16.9 Å². The average molecular weight is 432 g/mol. The number of rotatable bonds is 4. The molecule has 2 aromatic rings. The minimum absolute atomic E-state index is 0.0409. The first-order valence-electron chi connectivity index (χ1n) is 9.32. The summed E-state index contributed by atoms with van der Waals surface area (Å²) in [5.74, 6) is 0.00882. The molecule has 1 amide bonds. The lowest BCUT2D eigenvalue weighted by atomic mass is 9.94. The Balaban J connectivity index is 1.89. The highest BCUT2D eigenvalue weighted by Gasteiger charge is 2.32. The topological polar surface area (TPSA) is 90.3 Å². The van der Waals surface area contributed by atoms with Gasteiger partial charge in [-0.15, -0.1) is 0 Å². The van der Waals surface area contributed by atoms with Gasteiger partial charge in [-0.3, -0.25) is 4.79 Å². The number of benzene rings is 2. The fourth-order valence-corrected chi connectivity index (χ4v) is 5.56. The maximum absolute atomic E-state index is 13.1. The van der Waals surface area contributed by atoms with Crippen LogP contribution in [0.1, 0.15) is 36.2 Å². The Labute approximate surface area is 176 Å². The van der Waals surface area contributed by atoms with Crippen LogP contribution in [0.25, 0.3) is 0 Å². The van der Waals surface area contributed by atoms with Gasteiger partial charge in [-0.05, 0) is 54.7 Å². The van der Waals surface area contributed by atoms with Gasteiger partial charge >= 0.3 is 0 Å². The van der Waals surface area contributed by atoms with Crippen molar-refractivity contribution in [3.05, 3.63) is 58.6 Å². The number of nitrogens with one attached hydrogen (secondary N) is 1. The second-order valence-corrected chi connectivity index (χ2v) is 9.90. The number of hydrogen-bond acceptors (Lipinski definition) is 4. The van der Waals surface area contributed by atoms with E-state index in [0.717, 1.165) is 6.42 Å². The summed E-state index contributed by atoms with van der Waals surface area (Å²) < 4.78 is 27.7. The molecule has 2 atom stereocenters. The van der Waals surface area contributed by atoms with Gasteiger partial charge in [-0.1, -0.05) is 31.5 Å². The van der Waals surface area contributed by atoms with Gasteiger partial charge in [0.25, 0.3) is 5.91 Å². The van der Waals surface area contributed by atoms with E-state index in [0.29, 0.717) is 24.3 Å². The number of carbonyl (C=O) groups is 1. The number of hydrogen-bond donors (Lipinski definition) is 1. The molecule has 8 heteroatoms. The molecule has 0 unspecified atom stereocenters. The normalized spacial score (nSPS) is 20.1. The zero-order chi connectivity index (χ0) is 21.2. The van der Waals surface area contributed by atoms with E-state index in [9.17, 15) is 13.2 Å². The molecule has 0 aromatic heterocycles. The lowest BCUT2D eigenvalue weighted by Crippen LogP contribution is -2.42. The summed E-state index contributed by atoms with van der Waals surface area (Å²) in [6.45, 7) is 4.98. The van der Waals surface area contributed by atoms with Crippen LogP contribution in [0.3, 0.4) is 0 Å². The van der Waals surface area contributed by atoms with E-state index in [-0.39, 0.29) is 27.3 Å². The molecule has 1 fully saturated rings. The van der Waals surface area contributed by atoms with Crippen molar-refractivity contribution in [3.63, 3.8) is 0 Å². The number of amides is 1. The first-order valence-corrected chi connectivity index (χ1v) is 11.1. The monoisotopic (exact) mass is 431 g/mol. The van der Waals surface area contributed by atoms with E-state index in [1.54, 1.807) is 18.2 Å². The number of nitrogens with zero attached hydrogens (tertiary/aromatic N) is 2. The Hall–Kier alpha value is -2.40. The van der Waals surface area contributed by atoms with Crippen LogP contribution in [-0.4, -0.2) is 31.7 Å². The van der Waals surface area contributed by atoms with Crippen LogP contribution >= 0.6 is 11.6 Å². The number of carbonyl (C=O) groups excluding carboxylic acids is 1. The standard InChI is InChI=1S/C21H22ClN3O3S/c1-14-8-15(2)13-25(12-14)29(27,28)18-6-7-20(22)19(10-18)21(26)24-17-5-3-4-16(9-17)11-23/h3-7,9-10,14-15H,8,12-13H2,1-2H3,(H,24,26)/t14-,15-/m1/s1. The molecule has 29 heavy (non-hydrogen) atoms. The van der Waals surface area contributed by atoms with Crippen molar-refractivity contribution < 1.29 is 13.2 Å². The molecule has 2 aromatic carbocycles. The Bertz CT molecular complexity index is 1070. The van der Waals surface area contributed by atoms with Crippen LogP contribution in [0.15, 0.2) is 47.4 Å². The average Bonchev–Trinajstić information content (AvgIpc) is 2.67. The first-order chi connectivity index (χ1) is 13.7. The molecule has 0 bridgehead atoms. The van der Waals surface area contributed by atoms with E-state index in [1.807, 2.05) is 19.9 Å². The fourth-order valence-electron chi connectivity index (χ4n) is 3.65. The Morgan fingerprint density at radius 1 is 1.17 bits per heavy atom. The number of nitriles is 1. The third kappa shape index (κ3) is 4.78. The van der Waals surface area contributed by atoms with Crippen molar-refractivity contribution >= 4 is 33.2 Å². The summed E-state index contributed by atoms with van der Waals surface area (Å²) in [5.41, 5.74) is 0.892. The van der Waals surface area contributed by atoms with Crippen LogP contribution in [0.2, 0.25) is 5.02 Å². The Morgan fingerprint density at radius 2 is 1.86 bits per heavy atom. The molecule has 0 spiro atoms. The quantitative estimate of drug-likeness (QED) is 0.787. The number of anilines is 1. The maximum atomic E-state index is 13.1. The minimum Gasteiger partial charge on any atom is -0.322 e. The van der Waals surface area contributed by atoms with Crippen LogP contribution in [0.4, 0.5) is 5.69 Å². The highest BCUT2D eigenvalue weighted by atomic mass is 35.5. The minimum atomic E-state index is -3.73. The van der Waals surface area contributed by atoms with Gasteiger partial charge in [0.05, 0.1) is 27.1 Å². The van der Waals surface area contributed by atoms with Crippen LogP contribution in [0, 0.1) is 23.2 Å². The van der Waals surface area contributed by atoms with Gasteiger partial charge in [-0.2, -0.15) is 9.57 Å². The molecule has 1 aliphatic rings. The van der Waals surface area contributed by atoms with Gasteiger partial charge < -0.3 is 5.32 Å². The third-order valence-corrected chi connectivity index (χ3v) is 7.06. The number of piperidine rings is 1. The van der Waals surface area contributed by atoms with Crippen LogP contribution < -0.4 is 5.32 Å². The third-order valence-electron chi connectivity index (χ3n) is 4.91. The molecule has 0 radical (unpaired) electrons. The van der Waals surface area contributed by atoms with Crippen molar-refractivity contribution in [3.8, 4) is 6.07 Å². The molecule has 6 nitrogen and oxygen atoms in total. The second kappa shape index (κ2) is 8.54. The van der Waals surface area contributed by atoms with Crippen molar-refractivity contribution in [2.24, 2.45) is 11.8 Å². The van der Waals surface area contributed by atoms with Crippen molar-refractivity contribution in [2.45, 2.75) is 25.2 Å². The summed E-state index contributed by atoms with van der Waals surface area (Å²) in [5, 5.41) is 11.8. The maximum Gasteiger partial charge on any atom is 0.257 e. The van der Waals surface area contributed by atoms with Crippen molar-refractivity contribution in [1.29, 1.82) is 5.26 Å². The molecule has 1 aliphatic heterocycles. The molecule has 3 rings (SSSR count). The lowest BCUT2D eigenvalue weighted by Gasteiger charge is -2.34. The first kappa shape index (κ1) is 21.3. The number of sulfonamides is 1. The summed E-state index contributed by atoms with van der Waals surface area (Å²) in [6.07, 6.45) is 0.988. The molecular weight excluding hydrogens is 410 g/mol. The molecule has 1 N–H and O–H groups in total. The highest BCUT2D eigenvalue weighted by molar-refractivity contribution is 7.89. The summed E-state index contributed by atoms with van der Waals surface area (Å²) in [7, 11) is -3.73. The SMILES string of the molecule is C[C@@H]1C[C@@H](C)CN(S(=O)(=O)c2ccc(Cl)c(C(=O)Nc3cccc(C#N)c3)c2)C1. The molecule has 0 saturated carbocycles. The molecule has 1 heterocycles. The largest absolute Gasteiger partial charge is 0.322 e. The van der Waals surface area contributed by atoms with E-state index in [1.165, 1.54) is 28.6 Å². The van der Waals surface area contributed by atoms with Gasteiger partial charge in [0, 0.05) is 18.8 Å². The molecular formula is C21H22ClN3O3S. The predicted molar refractivity (Wildman–Crippen MR) is 112 cm³/mol. The van der Waals surface area contributed by atoms with Gasteiger partial charge in [0.15, 0.2) is 0 Å². The second-order valence-electron chi connectivity index (χ2n) is 7.56. The van der Waals surface area contributed by atoms with Crippen molar-refractivity contribution in [1.82, 2.24) is 4.31 Å². The van der Waals surface area contributed by atoms with Crippen molar-refractivity contribution in [2.75, 3.05) is 18.4 Å². The van der Waals surface area contributed by atoms with Crippen LogP contribution in [-0.2, 0) is 10.0 Å². The molecule has 1 saturated heterocycles. The summed E-state index contributed by atoms with van der Waals surface area (Å²) in [4.78, 5) is 12.7. The molecule has 0 aliphatic carbocycles. The van der Waals surface area contributed by atoms with E-state index >= 15 is 0 Å². The lowest BCUT2D eigenvalue weighted by molar-refractivity contribution is 0.102. The van der Waals surface area contributed by atoms with Gasteiger partial charge in [0.1, 0.15) is 0 Å². The van der Waals surface area contributed by atoms with E-state index < -0.39 is 15.9 Å². The van der Waals surface area contributed by atoms with Crippen LogP contribution in [0.5, 0.6) is 0 Å². The molecule has 152 valence electrons. The van der Waals surface area contributed by atoms with Gasteiger partial charge in [0.2, 0.25) is 10.0 Å².